The highest BCUT2D eigenvalue weighted by Gasteiger charge is 2.32. The molecule has 0 heterocycles. The molecule has 0 aromatic carbocycles. The maximum absolute atomic E-state index is 11.7. The normalized spacial score (nSPS) is 15.3. The molecule has 0 fully saturated rings. The zero-order chi connectivity index (χ0) is 13.5. The fourth-order valence-electron chi connectivity index (χ4n) is 1.01. The Labute approximate surface area is 108 Å². The first kappa shape index (κ1) is 16.7. The minimum absolute atomic E-state index is 0.125. The average molecular weight is 283 g/mol. The molecule has 102 valence electrons. The Kier molecular flexibility index (Phi) is 7.11. The summed E-state index contributed by atoms with van der Waals surface area (Å²) in [5.74, 6) is 0.780. The van der Waals surface area contributed by atoms with Gasteiger partial charge in [-0.2, -0.15) is 11.8 Å². The first-order chi connectivity index (χ1) is 7.75. The largest absolute Gasteiger partial charge is 0.465 e. The number of carbonyl (C=O) groups is 1. The van der Waals surface area contributed by atoms with E-state index in [1.165, 1.54) is 18.0 Å². The quantitative estimate of drug-likeness (QED) is 0.510. The number of likely N-dealkylation sites (N-methyl/N-ethyl adjacent to an activating group) is 1. The molecule has 1 unspecified atom stereocenters. The molecule has 0 saturated heterocycles. The highest BCUT2D eigenvalue weighted by molar-refractivity contribution is 8.00. The summed E-state index contributed by atoms with van der Waals surface area (Å²) < 4.78 is 26.8. The molecule has 0 saturated carbocycles. The number of esters is 1. The Hall–Kier alpha value is -0.270. The molecule has 1 atom stereocenters. The topological polar surface area (TPSA) is 72.5 Å². The maximum atomic E-state index is 11.7. The van der Waals surface area contributed by atoms with E-state index in [-0.39, 0.29) is 11.7 Å². The molecule has 0 amide bonds. The molecule has 0 rings (SSSR count). The Balaban J connectivity index is 4.17. The second kappa shape index (κ2) is 7.23. The van der Waals surface area contributed by atoms with Gasteiger partial charge in [0.05, 0.1) is 12.4 Å². The molecule has 0 radical (unpaired) electrons. The van der Waals surface area contributed by atoms with Gasteiger partial charge in [0.25, 0.3) is 0 Å². The van der Waals surface area contributed by atoms with Gasteiger partial charge in [-0.3, -0.25) is 4.79 Å². The highest BCUT2D eigenvalue weighted by Crippen LogP contribution is 2.15. The van der Waals surface area contributed by atoms with Gasteiger partial charge >= 0.3 is 5.97 Å². The number of thioether (sulfide) groups is 1. The molecule has 1 N–H and O–H groups in total. The van der Waals surface area contributed by atoms with Gasteiger partial charge in [0, 0.05) is 17.8 Å². The van der Waals surface area contributed by atoms with E-state index in [9.17, 15) is 13.2 Å². The van der Waals surface area contributed by atoms with Crippen molar-refractivity contribution in [2.24, 2.45) is 0 Å². The van der Waals surface area contributed by atoms with Crippen molar-refractivity contribution in [1.29, 1.82) is 0 Å². The van der Waals surface area contributed by atoms with Crippen molar-refractivity contribution < 1.29 is 17.9 Å². The van der Waals surface area contributed by atoms with E-state index in [1.54, 1.807) is 20.9 Å². The lowest BCUT2D eigenvalue weighted by molar-refractivity contribution is -0.149. The van der Waals surface area contributed by atoms with Crippen LogP contribution in [0.3, 0.4) is 0 Å². The van der Waals surface area contributed by atoms with Crippen LogP contribution in [0.2, 0.25) is 0 Å². The van der Waals surface area contributed by atoms with Crippen LogP contribution in [0.15, 0.2) is 0 Å². The highest BCUT2D eigenvalue weighted by atomic mass is 32.2. The molecule has 0 aliphatic heterocycles. The van der Waals surface area contributed by atoms with Crippen molar-refractivity contribution in [3.63, 3.8) is 0 Å². The molecule has 0 aliphatic rings. The van der Waals surface area contributed by atoms with Crippen molar-refractivity contribution in [3.05, 3.63) is 0 Å². The summed E-state index contributed by atoms with van der Waals surface area (Å²) in [5, 5.41) is 2.92. The van der Waals surface area contributed by atoms with Crippen LogP contribution in [-0.4, -0.2) is 57.1 Å². The number of hydrogen-bond acceptors (Lipinski definition) is 6. The number of nitrogens with one attached hydrogen (secondary N) is 1. The van der Waals surface area contributed by atoms with Crippen LogP contribution in [0.25, 0.3) is 0 Å². The van der Waals surface area contributed by atoms with Crippen LogP contribution in [0.4, 0.5) is 0 Å². The summed E-state index contributed by atoms with van der Waals surface area (Å²) >= 11 is 1.42. The van der Waals surface area contributed by atoms with Crippen molar-refractivity contribution in [2.45, 2.75) is 19.4 Å². The Morgan fingerprint density at radius 2 is 2.06 bits per heavy atom. The predicted molar refractivity (Wildman–Crippen MR) is 71.1 cm³/mol. The molecule has 7 heteroatoms. The molecule has 17 heavy (non-hydrogen) atoms. The number of hydrogen-bond donors (Lipinski definition) is 1. The van der Waals surface area contributed by atoms with Gasteiger partial charge in [-0.25, -0.2) is 8.42 Å². The third-order valence-electron chi connectivity index (χ3n) is 2.27. The molecule has 0 spiro atoms. The smallest absolute Gasteiger partial charge is 0.326 e. The van der Waals surface area contributed by atoms with Crippen molar-refractivity contribution in [3.8, 4) is 0 Å². The van der Waals surface area contributed by atoms with Crippen LogP contribution < -0.4 is 5.32 Å². The second-order valence-electron chi connectivity index (χ2n) is 3.99. The van der Waals surface area contributed by atoms with Gasteiger partial charge in [0.2, 0.25) is 0 Å². The molecule has 5 nitrogen and oxygen atoms in total. The molecular formula is C10H21NO4S2. The van der Waals surface area contributed by atoms with Crippen LogP contribution >= 0.6 is 11.8 Å². The number of ether oxygens (including phenoxy) is 1. The summed E-state index contributed by atoms with van der Waals surface area (Å²) in [6.45, 7) is 3.84. The third kappa shape index (κ3) is 6.90. The van der Waals surface area contributed by atoms with E-state index in [4.69, 9.17) is 4.74 Å². The van der Waals surface area contributed by atoms with Crippen LogP contribution in [-0.2, 0) is 19.4 Å². The lowest BCUT2D eigenvalue weighted by Gasteiger charge is -2.26. The van der Waals surface area contributed by atoms with Crippen LogP contribution in [0, 0.1) is 0 Å². The number of carbonyl (C=O) groups excluding carboxylic acids is 1. The molecule has 0 aromatic rings. The van der Waals surface area contributed by atoms with Gasteiger partial charge in [-0.1, -0.05) is 0 Å². The third-order valence-corrected chi connectivity index (χ3v) is 4.75. The maximum Gasteiger partial charge on any atom is 0.326 e. The van der Waals surface area contributed by atoms with Crippen molar-refractivity contribution in [2.75, 3.05) is 37.2 Å². The van der Waals surface area contributed by atoms with Gasteiger partial charge in [0.1, 0.15) is 15.4 Å². The summed E-state index contributed by atoms with van der Waals surface area (Å²) in [6, 6.07) is 0. The molecular weight excluding hydrogens is 262 g/mol. The minimum Gasteiger partial charge on any atom is -0.465 e. The fourth-order valence-corrected chi connectivity index (χ4v) is 3.51. The minimum atomic E-state index is -2.94. The van der Waals surface area contributed by atoms with Gasteiger partial charge in [0.15, 0.2) is 0 Å². The summed E-state index contributed by atoms with van der Waals surface area (Å²) in [6.07, 6.45) is 1.20. The van der Waals surface area contributed by atoms with E-state index >= 15 is 0 Å². The Morgan fingerprint density at radius 3 is 2.47 bits per heavy atom. The predicted octanol–water partition coefficient (Wildman–Crippen LogP) is 0.305. The van der Waals surface area contributed by atoms with E-state index in [1.807, 2.05) is 0 Å². The summed E-state index contributed by atoms with van der Waals surface area (Å²) in [7, 11) is -1.25. The standard InChI is InChI=1S/C10H21NO4S2/c1-5-15-9(12)10(2,11-3)8-16-6-7-17(4,13)14/h11H,5-8H2,1-4H3. The Bertz CT molecular complexity index is 342. The fraction of sp³-hybridized carbons (Fsp3) is 0.900. The SMILES string of the molecule is CCOC(=O)C(C)(CSCCS(C)(=O)=O)NC. The van der Waals surface area contributed by atoms with Gasteiger partial charge in [-0.05, 0) is 20.9 Å². The zero-order valence-electron chi connectivity index (χ0n) is 10.8. The van der Waals surface area contributed by atoms with Crippen LogP contribution in [0.1, 0.15) is 13.8 Å². The molecule has 0 aromatic heterocycles. The zero-order valence-corrected chi connectivity index (χ0v) is 12.4. The van der Waals surface area contributed by atoms with E-state index < -0.39 is 15.4 Å². The summed E-state index contributed by atoms with van der Waals surface area (Å²) in [5.41, 5.74) is -0.766. The monoisotopic (exact) mass is 283 g/mol. The van der Waals surface area contributed by atoms with E-state index in [2.05, 4.69) is 5.32 Å². The Morgan fingerprint density at radius 1 is 1.47 bits per heavy atom. The van der Waals surface area contributed by atoms with Gasteiger partial charge in [-0.15, -0.1) is 0 Å². The number of rotatable bonds is 8. The van der Waals surface area contributed by atoms with E-state index in [0.29, 0.717) is 18.1 Å². The lowest BCUT2D eigenvalue weighted by atomic mass is 10.1. The first-order valence-corrected chi connectivity index (χ1v) is 8.58. The van der Waals surface area contributed by atoms with Crippen LogP contribution in [0.5, 0.6) is 0 Å². The molecule has 0 bridgehead atoms. The van der Waals surface area contributed by atoms with Crippen molar-refractivity contribution >= 4 is 27.6 Å². The number of sulfone groups is 1. The second-order valence-corrected chi connectivity index (χ2v) is 7.35. The average Bonchev–Trinajstić information content (AvgIpc) is 2.23. The van der Waals surface area contributed by atoms with Crippen molar-refractivity contribution in [1.82, 2.24) is 5.32 Å². The lowest BCUT2D eigenvalue weighted by Crippen LogP contribution is -2.51. The first-order valence-electron chi connectivity index (χ1n) is 5.37. The molecule has 0 aliphatic carbocycles. The summed E-state index contributed by atoms with van der Waals surface area (Å²) in [4.78, 5) is 11.7. The van der Waals surface area contributed by atoms with Gasteiger partial charge < -0.3 is 10.1 Å². The van der Waals surface area contributed by atoms with E-state index in [0.717, 1.165) is 0 Å².